The predicted octanol–water partition coefficient (Wildman–Crippen LogP) is 3.77. The molecule has 1 aliphatic carbocycles. The molecule has 2 radical (unpaired) electrons. The molecule has 174 valence electrons. The average Bonchev–Trinajstić information content (AvgIpc) is 3.57. The van der Waals surface area contributed by atoms with Gasteiger partial charge in [-0.2, -0.15) is 9.34 Å². The van der Waals surface area contributed by atoms with E-state index >= 15 is 0 Å². The van der Waals surface area contributed by atoms with Gasteiger partial charge in [0.15, 0.2) is 0 Å². The van der Waals surface area contributed by atoms with Crippen molar-refractivity contribution in [2.24, 2.45) is 0 Å². The summed E-state index contributed by atoms with van der Waals surface area (Å²) >= 11 is 0. The third-order valence-electron chi connectivity index (χ3n) is 7.22. The van der Waals surface area contributed by atoms with Gasteiger partial charge in [0.2, 0.25) is 0 Å². The smallest absolute Gasteiger partial charge is 0.383 e. The minimum Gasteiger partial charge on any atom is -0.383 e. The molecule has 0 aromatic rings. The minimum atomic E-state index is -2.07. The molecule has 7 heteroatoms. The highest BCUT2D eigenvalue weighted by atomic mass is 31.2. The van der Waals surface area contributed by atoms with Gasteiger partial charge in [-0.1, -0.05) is 5.66 Å². The maximum absolute atomic E-state index is 7.74. The fourth-order valence-electron chi connectivity index (χ4n) is 5.88. The molecule has 2 heterocycles. The molecule has 1 saturated carbocycles. The topological polar surface area (TPSA) is 24.9 Å². The van der Waals surface area contributed by atoms with Crippen LogP contribution in [-0.4, -0.2) is 87.5 Å². The van der Waals surface area contributed by atoms with Crippen molar-refractivity contribution in [3.8, 4) is 47.6 Å². The summed E-state index contributed by atoms with van der Waals surface area (Å²) in [5, 5.41) is 0. The van der Waals surface area contributed by atoms with Gasteiger partial charge in [0.05, 0.1) is 31.0 Å². The van der Waals surface area contributed by atoms with Crippen molar-refractivity contribution in [1.82, 2.24) is 9.34 Å². The molecule has 2 saturated heterocycles. The van der Waals surface area contributed by atoms with Crippen molar-refractivity contribution in [2.75, 3.05) is 47.2 Å². The van der Waals surface area contributed by atoms with Gasteiger partial charge in [-0.25, -0.2) is 0 Å². The van der Waals surface area contributed by atoms with Crippen LogP contribution < -0.4 is 0 Å². The molecule has 0 N–H and O–H groups in total. The second-order valence-corrected chi connectivity index (χ2v) is 14.3. The quantitative estimate of drug-likeness (QED) is 0.300. The monoisotopic (exact) mass is 481 g/mol. The number of rotatable bonds is 8. The fraction of sp³-hybridized carbons (Fsp3) is 0.692. The molecule has 3 aliphatic rings. The van der Waals surface area contributed by atoms with Gasteiger partial charge in [0, 0.05) is 33.0 Å². The predicted molar refractivity (Wildman–Crippen MR) is 142 cm³/mol. The molecule has 0 aromatic heterocycles. The van der Waals surface area contributed by atoms with Gasteiger partial charge < -0.3 is 9.47 Å². The van der Waals surface area contributed by atoms with Crippen LogP contribution in [-0.2, 0) is 9.47 Å². The van der Waals surface area contributed by atoms with Crippen LogP contribution in [0, 0.1) is 47.6 Å². The van der Waals surface area contributed by atoms with Crippen LogP contribution in [0.3, 0.4) is 0 Å². The lowest BCUT2D eigenvalue weighted by atomic mass is 10.2. The van der Waals surface area contributed by atoms with Gasteiger partial charge in [-0.05, 0) is 95.1 Å². The molecule has 3 fully saturated rings. The number of methoxy groups -OCH3 is 2. The van der Waals surface area contributed by atoms with E-state index in [-0.39, 0.29) is 0 Å². The van der Waals surface area contributed by atoms with E-state index in [0.29, 0.717) is 23.4 Å². The van der Waals surface area contributed by atoms with Crippen LogP contribution in [0.15, 0.2) is 0 Å². The number of hydrogen-bond donors (Lipinski definition) is 0. The standard InChI is InChI=1S/C26H36BN2O2P2/c1-5-6-7-8-9-10-20-32(4)25-16-11-17-26(25)33(27,28-18-12-14-23(28)21-30-2)29-19-13-15-24(29)22-31-3/h1,23-26H,11-19,21-22H2,2-4H3/q+1/t23-,24-,25?,26?,32?/m1/s1. The largest absolute Gasteiger partial charge is 0.409 e. The van der Waals surface area contributed by atoms with E-state index in [1.54, 1.807) is 0 Å². The van der Waals surface area contributed by atoms with Gasteiger partial charge in [-0.3, -0.25) is 0 Å². The lowest BCUT2D eigenvalue weighted by Crippen LogP contribution is -2.49. The Morgan fingerprint density at radius 1 is 0.879 bits per heavy atom. The molecule has 33 heavy (non-hydrogen) atoms. The summed E-state index contributed by atoms with van der Waals surface area (Å²) in [6.07, 6.45) is 13.5. The summed E-state index contributed by atoms with van der Waals surface area (Å²) in [5.74, 6) is 16.0. The third kappa shape index (κ3) is 6.17. The first-order valence-corrected chi connectivity index (χ1v) is 15.7. The average molecular weight is 481 g/mol. The van der Waals surface area contributed by atoms with Crippen molar-refractivity contribution in [1.29, 1.82) is 0 Å². The van der Waals surface area contributed by atoms with Crippen LogP contribution in [0.25, 0.3) is 0 Å². The normalized spacial score (nSPS) is 28.7. The Labute approximate surface area is 204 Å². The molecule has 5 atom stereocenters. The van der Waals surface area contributed by atoms with Gasteiger partial charge in [0.1, 0.15) is 7.44 Å². The summed E-state index contributed by atoms with van der Waals surface area (Å²) in [6, 6.07) is 0.821. The number of nitrogens with zero attached hydrogens (tertiary/aromatic N) is 2. The molecule has 0 bridgehead atoms. The van der Waals surface area contributed by atoms with Crippen LogP contribution in [0.2, 0.25) is 0 Å². The molecular weight excluding hydrogens is 445 g/mol. The Bertz CT molecular complexity index is 864. The van der Waals surface area contributed by atoms with Gasteiger partial charge >= 0.3 is 7.57 Å². The van der Waals surface area contributed by atoms with Crippen molar-refractivity contribution in [3.63, 3.8) is 0 Å². The molecule has 2 aliphatic heterocycles. The Hall–Kier alpha value is -0.995. The van der Waals surface area contributed by atoms with E-state index in [0.717, 1.165) is 26.3 Å². The van der Waals surface area contributed by atoms with E-state index < -0.39 is 15.4 Å². The number of ether oxygens (including phenoxy) is 2. The summed E-state index contributed by atoms with van der Waals surface area (Å²) in [6.45, 7) is 5.97. The Morgan fingerprint density at radius 3 is 2.03 bits per heavy atom. The van der Waals surface area contributed by atoms with Gasteiger partial charge in [0.25, 0.3) is 0 Å². The van der Waals surface area contributed by atoms with Crippen molar-refractivity contribution in [2.45, 2.75) is 68.3 Å². The summed E-state index contributed by atoms with van der Waals surface area (Å²) in [5.41, 5.74) is 4.47. The maximum atomic E-state index is 7.74. The first kappa shape index (κ1) is 26.6. The van der Waals surface area contributed by atoms with Crippen molar-refractivity contribution >= 4 is 22.9 Å². The molecule has 3 rings (SSSR count). The second kappa shape index (κ2) is 13.2. The van der Waals surface area contributed by atoms with E-state index in [1.165, 1.54) is 44.9 Å². The zero-order chi connectivity index (χ0) is 23.7. The van der Waals surface area contributed by atoms with Gasteiger partial charge in [-0.15, -0.1) is 6.42 Å². The molecular formula is C26H36BN2O2P2+. The highest BCUT2D eigenvalue weighted by Crippen LogP contribution is 2.74. The maximum Gasteiger partial charge on any atom is 0.409 e. The van der Waals surface area contributed by atoms with Crippen LogP contribution in [0.4, 0.5) is 0 Å². The summed E-state index contributed by atoms with van der Waals surface area (Å²) < 4.78 is 16.7. The van der Waals surface area contributed by atoms with Crippen LogP contribution in [0.5, 0.6) is 0 Å². The lowest BCUT2D eigenvalue weighted by Gasteiger charge is -2.48. The first-order valence-electron chi connectivity index (χ1n) is 12.0. The van der Waals surface area contributed by atoms with Crippen molar-refractivity contribution in [3.05, 3.63) is 0 Å². The summed E-state index contributed by atoms with van der Waals surface area (Å²) in [7, 11) is 8.79. The summed E-state index contributed by atoms with van der Waals surface area (Å²) in [4.78, 5) is 0. The first-order chi connectivity index (χ1) is 16.1. The van der Waals surface area contributed by atoms with Crippen LogP contribution >= 0.6 is 15.4 Å². The molecule has 3 unspecified atom stereocenters. The second-order valence-electron chi connectivity index (χ2n) is 9.09. The molecule has 0 amide bonds. The number of terminal acetylenes is 1. The minimum absolute atomic E-state index is 0.410. The zero-order valence-corrected chi connectivity index (χ0v) is 22.1. The third-order valence-corrected chi connectivity index (χ3v) is 13.8. The highest BCUT2D eigenvalue weighted by Gasteiger charge is 2.61. The van der Waals surface area contributed by atoms with E-state index in [9.17, 15) is 0 Å². The molecule has 4 nitrogen and oxygen atoms in total. The SMILES string of the molecule is [B][P+](C1CCCC1P(C)C#CC#CC#CC#C)(N1CCC[C@@H]1COC)N1CCC[C@@H]1COC. The van der Waals surface area contributed by atoms with E-state index in [2.05, 4.69) is 57.2 Å². The fourth-order valence-corrected chi connectivity index (χ4v) is 13.3. The number of hydrogen-bond acceptors (Lipinski definition) is 4. The highest BCUT2D eigenvalue weighted by molar-refractivity contribution is 7.94. The Kier molecular flexibility index (Phi) is 10.6. The van der Waals surface area contributed by atoms with E-state index in [4.69, 9.17) is 23.5 Å². The van der Waals surface area contributed by atoms with E-state index in [1.807, 2.05) is 14.2 Å². The zero-order valence-electron chi connectivity index (χ0n) is 20.3. The Balaban J connectivity index is 1.91. The molecule has 0 spiro atoms. The Morgan fingerprint density at radius 2 is 1.45 bits per heavy atom. The molecule has 0 aromatic carbocycles. The lowest BCUT2D eigenvalue weighted by molar-refractivity contribution is 0.135. The van der Waals surface area contributed by atoms with Crippen LogP contribution in [0.1, 0.15) is 44.9 Å². The van der Waals surface area contributed by atoms with Crippen molar-refractivity contribution < 1.29 is 9.47 Å².